The first kappa shape index (κ1) is 30.0. The highest BCUT2D eigenvalue weighted by Crippen LogP contribution is 2.28. The highest BCUT2D eigenvalue weighted by atomic mass is 127. The van der Waals surface area contributed by atoms with Crippen LogP contribution in [-0.2, 0) is 13.8 Å². The average molecular weight is 595 g/mol. The van der Waals surface area contributed by atoms with Gasteiger partial charge in [-0.05, 0) is 38.6 Å². The molecule has 0 aromatic heterocycles. The number of methoxy groups -OCH3 is 1. The topological polar surface area (TPSA) is 65.6 Å². The third kappa shape index (κ3) is 11.3. The number of hydrogen-bond acceptors (Lipinski definition) is 8. The van der Waals surface area contributed by atoms with Crippen molar-refractivity contribution in [2.45, 2.75) is 26.7 Å². The van der Waals surface area contributed by atoms with Crippen molar-refractivity contribution in [1.82, 2.24) is 14.7 Å². The van der Waals surface area contributed by atoms with Gasteiger partial charge in [0.2, 0.25) is 12.3 Å². The van der Waals surface area contributed by atoms with Crippen LogP contribution in [0, 0.1) is 0 Å². The lowest BCUT2D eigenvalue weighted by atomic mass is 10.2. The van der Waals surface area contributed by atoms with E-state index in [9.17, 15) is 9.59 Å². The molecule has 0 atom stereocenters. The van der Waals surface area contributed by atoms with E-state index in [2.05, 4.69) is 37.1 Å². The molecule has 1 aliphatic heterocycles. The number of imide groups is 1. The second-order valence-corrected chi connectivity index (χ2v) is 8.96. The van der Waals surface area contributed by atoms with Crippen molar-refractivity contribution in [3.63, 3.8) is 0 Å². The van der Waals surface area contributed by atoms with Crippen LogP contribution >= 0.6 is 30.4 Å². The average Bonchev–Trinajstić information content (AvgIpc) is 2.85. The maximum atomic E-state index is 12.3. The Bertz CT molecular complexity index is 678. The molecule has 0 radical (unpaired) electrons. The van der Waals surface area contributed by atoms with E-state index < -0.39 is 0 Å². The number of anilines is 1. The van der Waals surface area contributed by atoms with Crippen molar-refractivity contribution in [2.24, 2.45) is 0 Å². The third-order valence-corrected chi connectivity index (χ3v) is 6.39. The van der Waals surface area contributed by atoms with Crippen molar-refractivity contribution in [3.05, 3.63) is 24.3 Å². The van der Waals surface area contributed by atoms with Crippen molar-refractivity contribution in [2.75, 3.05) is 78.0 Å². The number of carbonyl (C=O) groups excluding carboxylic acids is 2. The molecule has 1 aromatic carbocycles. The molecule has 1 aliphatic rings. The summed E-state index contributed by atoms with van der Waals surface area (Å²) in [5.74, 6) is 0.752. The smallest absolute Gasteiger partial charge is 0.243 e. The van der Waals surface area contributed by atoms with E-state index in [-0.39, 0.29) is 12.5 Å². The number of para-hydroxylation sites is 2. The highest BCUT2D eigenvalue weighted by Gasteiger charge is 2.19. The number of likely N-dealkylation sites (N-methyl/N-ethyl adjacent to an activating group) is 1. The normalized spacial score (nSPS) is 13.9. The first-order chi connectivity index (χ1) is 16.1. The van der Waals surface area contributed by atoms with E-state index in [1.165, 1.54) is 14.1 Å². The Morgan fingerprint density at radius 3 is 2.48 bits per heavy atom. The van der Waals surface area contributed by atoms with E-state index in [0.717, 1.165) is 57.0 Å². The summed E-state index contributed by atoms with van der Waals surface area (Å²) in [5.41, 5.74) is 1.15. The molecule has 0 aliphatic carbocycles. The van der Waals surface area contributed by atoms with Crippen LogP contribution in [0.5, 0.6) is 5.75 Å². The molecule has 1 aromatic rings. The number of carbonyl (C=O) groups is 2. The Morgan fingerprint density at radius 1 is 1.15 bits per heavy atom. The highest BCUT2D eigenvalue weighted by molar-refractivity contribution is 14.2. The number of benzene rings is 1. The standard InChI is InChI=1S/C21H33IN4O4S.C2H6/c1-23(15-16-30-31-22)17-21(28)26(18-27)10-6-5-9-24-11-13-25(14-12-24)19-7-3-4-8-20(19)29-2;1-2/h3-4,7-8,18H,5-6,9-17H2,1-2H3;1-2H3. The summed E-state index contributed by atoms with van der Waals surface area (Å²) < 4.78 is 10.7. The molecule has 0 N–H and O–H groups in total. The van der Waals surface area contributed by atoms with Crippen LogP contribution < -0.4 is 9.64 Å². The predicted octanol–water partition coefficient (Wildman–Crippen LogP) is 3.56. The summed E-state index contributed by atoms with van der Waals surface area (Å²) in [6.45, 7) is 10.8. The van der Waals surface area contributed by atoms with Crippen molar-refractivity contribution >= 4 is 48.4 Å². The Balaban J connectivity index is 0.00000265. The lowest BCUT2D eigenvalue weighted by molar-refractivity contribution is -0.138. The van der Waals surface area contributed by atoms with Crippen LogP contribution in [0.15, 0.2) is 24.3 Å². The number of piperazine rings is 1. The van der Waals surface area contributed by atoms with Crippen LogP contribution in [0.3, 0.4) is 0 Å². The van der Waals surface area contributed by atoms with Gasteiger partial charge >= 0.3 is 0 Å². The zero-order valence-electron chi connectivity index (χ0n) is 20.4. The number of halogens is 1. The van der Waals surface area contributed by atoms with Gasteiger partial charge in [-0.3, -0.25) is 24.3 Å². The quantitative estimate of drug-likeness (QED) is 0.140. The Hall–Kier alpha value is -1.08. The number of nitrogens with zero attached hydrogens (tertiary/aromatic N) is 4. The fourth-order valence-electron chi connectivity index (χ4n) is 3.58. The molecule has 1 saturated heterocycles. The number of hydrogen-bond donors (Lipinski definition) is 0. The summed E-state index contributed by atoms with van der Waals surface area (Å²) in [6.07, 6.45) is 2.43. The maximum Gasteiger partial charge on any atom is 0.243 e. The molecule has 10 heteroatoms. The Morgan fingerprint density at radius 2 is 1.85 bits per heavy atom. The van der Waals surface area contributed by atoms with Crippen LogP contribution in [0.1, 0.15) is 26.7 Å². The summed E-state index contributed by atoms with van der Waals surface area (Å²) in [6, 6.07) is 8.13. The van der Waals surface area contributed by atoms with Crippen molar-refractivity contribution in [3.8, 4) is 5.75 Å². The number of ether oxygens (including phenoxy) is 1. The summed E-state index contributed by atoms with van der Waals surface area (Å²) in [7, 11) is 4.84. The van der Waals surface area contributed by atoms with Gasteiger partial charge in [-0.15, -0.1) is 0 Å². The number of amides is 2. The zero-order chi connectivity index (χ0) is 24.5. The molecule has 0 saturated carbocycles. The van der Waals surface area contributed by atoms with Crippen LogP contribution in [0.25, 0.3) is 0 Å². The van der Waals surface area contributed by atoms with E-state index >= 15 is 0 Å². The molecule has 8 nitrogen and oxygen atoms in total. The monoisotopic (exact) mass is 594 g/mol. The van der Waals surface area contributed by atoms with Gasteiger partial charge in [0, 0.05) is 60.5 Å². The van der Waals surface area contributed by atoms with Gasteiger partial charge in [0.25, 0.3) is 0 Å². The molecular weight excluding hydrogens is 555 g/mol. The van der Waals surface area contributed by atoms with E-state index in [1.54, 1.807) is 7.11 Å². The predicted molar refractivity (Wildman–Crippen MR) is 145 cm³/mol. The van der Waals surface area contributed by atoms with Crippen molar-refractivity contribution in [1.29, 1.82) is 0 Å². The fraction of sp³-hybridized carbons (Fsp3) is 0.652. The molecule has 0 spiro atoms. The van der Waals surface area contributed by atoms with Gasteiger partial charge in [0.05, 0.1) is 35.2 Å². The second-order valence-electron chi connectivity index (χ2n) is 7.52. The summed E-state index contributed by atoms with van der Waals surface area (Å²) >= 11 is 2.06. The molecule has 1 fully saturated rings. The van der Waals surface area contributed by atoms with Gasteiger partial charge in [-0.25, -0.2) is 0 Å². The Kier molecular flexibility index (Phi) is 16.6. The first-order valence-electron chi connectivity index (χ1n) is 11.5. The SMILES string of the molecule is CC.COc1ccccc1N1CCN(CCCCN(C=O)C(=O)CN(C)CCOSI)CC1. The molecule has 0 unspecified atom stereocenters. The first-order valence-corrected chi connectivity index (χ1v) is 14.8. The number of rotatable bonds is 14. The minimum absolute atomic E-state index is 0.162. The molecule has 2 amide bonds. The Labute approximate surface area is 215 Å². The van der Waals surface area contributed by atoms with Gasteiger partial charge in [0.1, 0.15) is 5.75 Å². The maximum absolute atomic E-state index is 12.3. The molecule has 33 heavy (non-hydrogen) atoms. The largest absolute Gasteiger partial charge is 0.495 e. The fourth-order valence-corrected chi connectivity index (χ4v) is 4.26. The molecular formula is C23H39IN4O4S. The molecule has 2 rings (SSSR count). The van der Waals surface area contributed by atoms with Crippen LogP contribution in [0.4, 0.5) is 5.69 Å². The van der Waals surface area contributed by atoms with Crippen LogP contribution in [-0.4, -0.2) is 100 Å². The lowest BCUT2D eigenvalue weighted by Gasteiger charge is -2.36. The summed E-state index contributed by atoms with van der Waals surface area (Å²) in [5, 5.41) is 0. The van der Waals surface area contributed by atoms with Gasteiger partial charge < -0.3 is 13.8 Å². The molecule has 0 bridgehead atoms. The van der Waals surface area contributed by atoms with Crippen molar-refractivity contribution < 1.29 is 18.5 Å². The molecule has 188 valence electrons. The second kappa shape index (κ2) is 18.3. The van der Waals surface area contributed by atoms with Gasteiger partial charge in [-0.1, -0.05) is 26.0 Å². The minimum atomic E-state index is -0.162. The van der Waals surface area contributed by atoms with Gasteiger partial charge in [-0.2, -0.15) is 0 Å². The number of unbranched alkanes of at least 4 members (excludes halogenated alkanes) is 1. The van der Waals surface area contributed by atoms with E-state index in [1.807, 2.05) is 44.0 Å². The minimum Gasteiger partial charge on any atom is -0.495 e. The van der Waals surface area contributed by atoms with Crippen LogP contribution in [0.2, 0.25) is 0 Å². The molecule has 1 heterocycles. The van der Waals surface area contributed by atoms with E-state index in [0.29, 0.717) is 26.1 Å². The summed E-state index contributed by atoms with van der Waals surface area (Å²) in [4.78, 5) is 31.6. The third-order valence-electron chi connectivity index (χ3n) is 5.38. The zero-order valence-corrected chi connectivity index (χ0v) is 23.3. The van der Waals surface area contributed by atoms with Gasteiger partial charge in [0.15, 0.2) is 0 Å². The van der Waals surface area contributed by atoms with E-state index in [4.69, 9.17) is 8.92 Å². The lowest BCUT2D eigenvalue weighted by Crippen LogP contribution is -2.46.